The van der Waals surface area contributed by atoms with Crippen molar-refractivity contribution in [3.63, 3.8) is 0 Å². The molecular formula is C14H19BrO2. The lowest BCUT2D eigenvalue weighted by atomic mass is 9.92. The van der Waals surface area contributed by atoms with Gasteiger partial charge < -0.3 is 9.84 Å². The highest BCUT2D eigenvalue weighted by Gasteiger charge is 2.35. The SMILES string of the molecule is COc1ccc(CC2(O)CCC(C)C2)cc1Br. The van der Waals surface area contributed by atoms with Gasteiger partial charge in [0.05, 0.1) is 17.2 Å². The van der Waals surface area contributed by atoms with Crippen LogP contribution in [0.4, 0.5) is 0 Å². The normalized spacial score (nSPS) is 28.4. The average molecular weight is 299 g/mol. The molecular weight excluding hydrogens is 280 g/mol. The van der Waals surface area contributed by atoms with Gasteiger partial charge in [-0.25, -0.2) is 0 Å². The van der Waals surface area contributed by atoms with Crippen LogP contribution in [0.3, 0.4) is 0 Å². The molecule has 0 aliphatic heterocycles. The molecule has 17 heavy (non-hydrogen) atoms. The average Bonchev–Trinajstić information content (AvgIpc) is 2.58. The molecule has 2 rings (SSSR count). The molecule has 94 valence electrons. The Balaban J connectivity index is 2.11. The Bertz CT molecular complexity index is 405. The summed E-state index contributed by atoms with van der Waals surface area (Å²) in [5, 5.41) is 10.5. The zero-order valence-corrected chi connectivity index (χ0v) is 12.0. The lowest BCUT2D eigenvalue weighted by Crippen LogP contribution is -2.27. The molecule has 1 saturated carbocycles. The molecule has 1 aromatic carbocycles. The maximum atomic E-state index is 10.5. The molecule has 0 amide bonds. The van der Waals surface area contributed by atoms with Crippen molar-refractivity contribution in [1.82, 2.24) is 0 Å². The van der Waals surface area contributed by atoms with Gasteiger partial charge in [-0.2, -0.15) is 0 Å². The number of hydrogen-bond donors (Lipinski definition) is 1. The van der Waals surface area contributed by atoms with Crippen molar-refractivity contribution in [2.75, 3.05) is 7.11 Å². The molecule has 1 aliphatic carbocycles. The predicted octanol–water partition coefficient (Wildman–Crippen LogP) is 3.55. The maximum absolute atomic E-state index is 10.5. The summed E-state index contributed by atoms with van der Waals surface area (Å²) in [6, 6.07) is 6.02. The first kappa shape index (κ1) is 12.9. The Labute approximate surface area is 111 Å². The van der Waals surface area contributed by atoms with Crippen LogP contribution < -0.4 is 4.74 Å². The molecule has 1 fully saturated rings. The molecule has 0 bridgehead atoms. The van der Waals surface area contributed by atoms with Crippen LogP contribution in [-0.2, 0) is 6.42 Å². The third kappa shape index (κ3) is 3.02. The van der Waals surface area contributed by atoms with Crippen LogP contribution in [0.15, 0.2) is 22.7 Å². The van der Waals surface area contributed by atoms with Crippen molar-refractivity contribution in [1.29, 1.82) is 0 Å². The van der Waals surface area contributed by atoms with Crippen molar-refractivity contribution in [3.8, 4) is 5.75 Å². The molecule has 0 heterocycles. The zero-order chi connectivity index (χ0) is 12.5. The van der Waals surface area contributed by atoms with E-state index < -0.39 is 5.60 Å². The van der Waals surface area contributed by atoms with Gasteiger partial charge in [0.1, 0.15) is 5.75 Å². The Morgan fingerprint density at radius 3 is 2.82 bits per heavy atom. The molecule has 0 spiro atoms. The van der Waals surface area contributed by atoms with Gasteiger partial charge in [-0.05, 0) is 58.8 Å². The van der Waals surface area contributed by atoms with Gasteiger partial charge >= 0.3 is 0 Å². The van der Waals surface area contributed by atoms with E-state index in [0.29, 0.717) is 5.92 Å². The second-order valence-corrected chi connectivity index (χ2v) is 6.07. The van der Waals surface area contributed by atoms with Crippen molar-refractivity contribution >= 4 is 15.9 Å². The fourth-order valence-corrected chi connectivity index (χ4v) is 3.32. The maximum Gasteiger partial charge on any atom is 0.133 e. The molecule has 1 aromatic rings. The smallest absolute Gasteiger partial charge is 0.133 e. The molecule has 0 radical (unpaired) electrons. The molecule has 2 atom stereocenters. The minimum Gasteiger partial charge on any atom is -0.496 e. The summed E-state index contributed by atoms with van der Waals surface area (Å²) in [6.45, 7) is 2.21. The first-order valence-corrected chi connectivity index (χ1v) is 6.86. The van der Waals surface area contributed by atoms with Crippen LogP contribution in [0.1, 0.15) is 31.7 Å². The summed E-state index contributed by atoms with van der Waals surface area (Å²) in [4.78, 5) is 0. The summed E-state index contributed by atoms with van der Waals surface area (Å²) in [7, 11) is 1.66. The second kappa shape index (κ2) is 4.99. The van der Waals surface area contributed by atoms with E-state index in [1.165, 1.54) is 0 Å². The van der Waals surface area contributed by atoms with E-state index in [4.69, 9.17) is 4.74 Å². The number of hydrogen-bond acceptors (Lipinski definition) is 2. The third-order valence-corrected chi connectivity index (χ3v) is 4.20. The van der Waals surface area contributed by atoms with E-state index in [2.05, 4.69) is 22.9 Å². The number of aliphatic hydroxyl groups is 1. The Kier molecular flexibility index (Phi) is 3.79. The highest BCUT2D eigenvalue weighted by atomic mass is 79.9. The van der Waals surface area contributed by atoms with Gasteiger partial charge in [0, 0.05) is 6.42 Å². The summed E-state index contributed by atoms with van der Waals surface area (Å²) >= 11 is 3.48. The van der Waals surface area contributed by atoms with Gasteiger partial charge in [-0.15, -0.1) is 0 Å². The molecule has 0 saturated heterocycles. The van der Waals surface area contributed by atoms with Crippen LogP contribution in [0.5, 0.6) is 5.75 Å². The first-order chi connectivity index (χ1) is 8.02. The Morgan fingerprint density at radius 1 is 1.53 bits per heavy atom. The number of ether oxygens (including phenoxy) is 1. The monoisotopic (exact) mass is 298 g/mol. The number of rotatable bonds is 3. The summed E-state index contributed by atoms with van der Waals surface area (Å²) in [5.41, 5.74) is 0.655. The molecule has 3 heteroatoms. The topological polar surface area (TPSA) is 29.5 Å². The largest absolute Gasteiger partial charge is 0.496 e. The molecule has 1 N–H and O–H groups in total. The van der Waals surface area contributed by atoms with E-state index in [9.17, 15) is 5.11 Å². The van der Waals surface area contributed by atoms with Crippen molar-refractivity contribution in [2.45, 2.75) is 38.2 Å². The van der Waals surface area contributed by atoms with Gasteiger partial charge in [0.2, 0.25) is 0 Å². The lowest BCUT2D eigenvalue weighted by molar-refractivity contribution is 0.0446. The van der Waals surface area contributed by atoms with E-state index in [0.717, 1.165) is 41.5 Å². The fraction of sp³-hybridized carbons (Fsp3) is 0.571. The highest BCUT2D eigenvalue weighted by Crippen LogP contribution is 2.37. The molecule has 2 unspecified atom stereocenters. The van der Waals surface area contributed by atoms with Crippen molar-refractivity contribution in [2.24, 2.45) is 5.92 Å². The van der Waals surface area contributed by atoms with Crippen LogP contribution >= 0.6 is 15.9 Å². The number of benzene rings is 1. The molecule has 2 nitrogen and oxygen atoms in total. The minimum atomic E-state index is -0.507. The quantitative estimate of drug-likeness (QED) is 0.925. The standard InChI is InChI=1S/C14H19BrO2/c1-10-5-6-14(16,8-10)9-11-3-4-13(17-2)12(15)7-11/h3-4,7,10,16H,5-6,8-9H2,1-2H3. The van der Waals surface area contributed by atoms with Crippen LogP contribution in [0, 0.1) is 5.92 Å². The van der Waals surface area contributed by atoms with E-state index in [-0.39, 0.29) is 0 Å². The second-order valence-electron chi connectivity index (χ2n) is 5.22. The highest BCUT2D eigenvalue weighted by molar-refractivity contribution is 9.10. The first-order valence-electron chi connectivity index (χ1n) is 6.07. The van der Waals surface area contributed by atoms with E-state index in [1.54, 1.807) is 7.11 Å². The zero-order valence-electron chi connectivity index (χ0n) is 10.4. The fourth-order valence-electron chi connectivity index (χ4n) is 2.73. The van der Waals surface area contributed by atoms with Crippen LogP contribution in [0.25, 0.3) is 0 Å². The minimum absolute atomic E-state index is 0.507. The number of halogens is 1. The predicted molar refractivity (Wildman–Crippen MR) is 72.4 cm³/mol. The van der Waals surface area contributed by atoms with Gasteiger partial charge in [0.15, 0.2) is 0 Å². The third-order valence-electron chi connectivity index (χ3n) is 3.58. The van der Waals surface area contributed by atoms with Crippen LogP contribution in [0.2, 0.25) is 0 Å². The summed E-state index contributed by atoms with van der Waals surface area (Å²) in [6.07, 6.45) is 3.70. The van der Waals surface area contributed by atoms with Gasteiger partial charge in [-0.1, -0.05) is 13.0 Å². The molecule has 0 aromatic heterocycles. The van der Waals surface area contributed by atoms with Gasteiger partial charge in [-0.3, -0.25) is 0 Å². The summed E-state index contributed by atoms with van der Waals surface area (Å²) in [5.74, 6) is 1.47. The Morgan fingerprint density at radius 2 is 2.29 bits per heavy atom. The van der Waals surface area contributed by atoms with E-state index in [1.807, 2.05) is 18.2 Å². The Hall–Kier alpha value is -0.540. The van der Waals surface area contributed by atoms with Gasteiger partial charge in [0.25, 0.3) is 0 Å². The van der Waals surface area contributed by atoms with Crippen molar-refractivity contribution in [3.05, 3.63) is 28.2 Å². The lowest BCUT2D eigenvalue weighted by Gasteiger charge is -2.23. The number of methoxy groups -OCH3 is 1. The van der Waals surface area contributed by atoms with Crippen LogP contribution in [-0.4, -0.2) is 17.8 Å². The van der Waals surface area contributed by atoms with E-state index >= 15 is 0 Å². The van der Waals surface area contributed by atoms with Crippen molar-refractivity contribution < 1.29 is 9.84 Å². The molecule has 1 aliphatic rings. The summed E-state index contributed by atoms with van der Waals surface area (Å²) < 4.78 is 6.15.